The molecule has 1 heterocycles. The molecule has 3 heteroatoms. The third-order valence-electron chi connectivity index (χ3n) is 2.41. The Bertz CT molecular complexity index is 321. The first-order valence-electron chi connectivity index (χ1n) is 4.79. The van der Waals surface area contributed by atoms with Crippen LogP contribution in [0.1, 0.15) is 39.2 Å². The molecule has 0 unspecified atom stereocenters. The van der Waals surface area contributed by atoms with Gasteiger partial charge in [-0.05, 0) is 23.5 Å². The maximum absolute atomic E-state index is 6.05. The van der Waals surface area contributed by atoms with Crippen molar-refractivity contribution in [1.82, 2.24) is 4.98 Å². The van der Waals surface area contributed by atoms with Crippen molar-refractivity contribution in [2.75, 3.05) is 0 Å². The van der Waals surface area contributed by atoms with Gasteiger partial charge in [0.05, 0.1) is 5.02 Å². The summed E-state index contributed by atoms with van der Waals surface area (Å²) >= 11 is 11.9. The molecule has 78 valence electrons. The molecule has 0 radical (unpaired) electrons. The van der Waals surface area contributed by atoms with Crippen LogP contribution < -0.4 is 0 Å². The highest BCUT2D eigenvalue weighted by Gasteiger charge is 2.23. The van der Waals surface area contributed by atoms with E-state index >= 15 is 0 Å². The number of halogens is 2. The number of aromatic nitrogens is 1. The number of hydrogen-bond acceptors (Lipinski definition) is 1. The van der Waals surface area contributed by atoms with Gasteiger partial charge in [0.15, 0.2) is 0 Å². The van der Waals surface area contributed by atoms with Crippen LogP contribution in [-0.4, -0.2) is 4.98 Å². The Morgan fingerprint density at radius 3 is 2.57 bits per heavy atom. The quantitative estimate of drug-likeness (QED) is 0.701. The van der Waals surface area contributed by atoms with Crippen molar-refractivity contribution >= 4 is 23.2 Å². The predicted octanol–water partition coefficient (Wildman–Crippen LogP) is 4.47. The van der Waals surface area contributed by atoms with Crippen LogP contribution in [0.3, 0.4) is 0 Å². The van der Waals surface area contributed by atoms with Crippen LogP contribution in [0, 0.1) is 0 Å². The summed E-state index contributed by atoms with van der Waals surface area (Å²) in [6.45, 7) is 6.49. The van der Waals surface area contributed by atoms with Gasteiger partial charge in [0.1, 0.15) is 5.15 Å². The molecule has 0 spiro atoms. The molecule has 14 heavy (non-hydrogen) atoms. The first kappa shape index (κ1) is 11.8. The molecular formula is C11H15Cl2N. The van der Waals surface area contributed by atoms with Crippen molar-refractivity contribution in [1.29, 1.82) is 0 Å². The third kappa shape index (κ3) is 2.61. The number of nitrogens with zero attached hydrogens (tertiary/aromatic N) is 1. The Balaban J connectivity index is 3.10. The molecule has 0 aliphatic carbocycles. The molecule has 1 nitrogen and oxygen atoms in total. The van der Waals surface area contributed by atoms with Crippen LogP contribution in [0.4, 0.5) is 0 Å². The topological polar surface area (TPSA) is 12.9 Å². The molecule has 1 aromatic rings. The highest BCUT2D eigenvalue weighted by atomic mass is 35.5. The molecule has 0 atom stereocenters. The Morgan fingerprint density at radius 1 is 1.36 bits per heavy atom. The smallest absolute Gasteiger partial charge is 0.132 e. The van der Waals surface area contributed by atoms with Gasteiger partial charge in [-0.1, -0.05) is 50.4 Å². The van der Waals surface area contributed by atoms with E-state index in [0.29, 0.717) is 10.2 Å². The van der Waals surface area contributed by atoms with E-state index in [4.69, 9.17) is 23.2 Å². The molecule has 0 saturated heterocycles. The van der Waals surface area contributed by atoms with Gasteiger partial charge in [-0.25, -0.2) is 4.98 Å². The van der Waals surface area contributed by atoms with Crippen molar-refractivity contribution < 1.29 is 0 Å². The second kappa shape index (κ2) is 4.50. The fourth-order valence-corrected chi connectivity index (χ4v) is 2.17. The molecule has 0 aromatic carbocycles. The number of hydrogen-bond donors (Lipinski definition) is 0. The SMILES string of the molecule is CCCC(C)(C)c1cc(Cl)cnc1Cl. The molecule has 0 aliphatic heterocycles. The van der Waals surface area contributed by atoms with Crippen LogP contribution >= 0.6 is 23.2 Å². The standard InChI is InChI=1S/C11H15Cl2N/c1-4-5-11(2,3)9-6-8(12)7-14-10(9)13/h6-7H,4-5H2,1-3H3. The summed E-state index contributed by atoms with van der Waals surface area (Å²) in [6, 6.07) is 1.91. The van der Waals surface area contributed by atoms with E-state index < -0.39 is 0 Å². The Kier molecular flexibility index (Phi) is 3.79. The average molecular weight is 232 g/mol. The van der Waals surface area contributed by atoms with E-state index in [9.17, 15) is 0 Å². The summed E-state index contributed by atoms with van der Waals surface area (Å²) in [5.41, 5.74) is 1.08. The first-order chi connectivity index (χ1) is 6.47. The van der Waals surface area contributed by atoms with Crippen LogP contribution in [0.2, 0.25) is 10.2 Å². The minimum atomic E-state index is 0.0454. The number of pyridine rings is 1. The van der Waals surface area contributed by atoms with E-state index in [2.05, 4.69) is 25.8 Å². The molecule has 0 aliphatic rings. The highest BCUT2D eigenvalue weighted by Crippen LogP contribution is 2.33. The van der Waals surface area contributed by atoms with Crippen molar-refractivity contribution in [2.24, 2.45) is 0 Å². The van der Waals surface area contributed by atoms with Crippen LogP contribution in [0.15, 0.2) is 12.3 Å². The lowest BCUT2D eigenvalue weighted by Gasteiger charge is -2.25. The molecule has 0 fully saturated rings. The summed E-state index contributed by atoms with van der Waals surface area (Å²) in [6.07, 6.45) is 3.78. The molecular weight excluding hydrogens is 217 g/mol. The van der Waals surface area contributed by atoms with E-state index in [1.54, 1.807) is 6.20 Å². The zero-order valence-corrected chi connectivity index (χ0v) is 10.3. The Labute approximate surface area is 95.4 Å². The normalized spacial score (nSPS) is 11.8. The Hall–Kier alpha value is -0.270. The van der Waals surface area contributed by atoms with Gasteiger partial charge in [0.25, 0.3) is 0 Å². The Morgan fingerprint density at radius 2 is 2.00 bits per heavy atom. The first-order valence-corrected chi connectivity index (χ1v) is 5.54. The van der Waals surface area contributed by atoms with E-state index in [1.165, 1.54) is 0 Å². The van der Waals surface area contributed by atoms with E-state index in [1.807, 2.05) is 6.07 Å². The summed E-state index contributed by atoms with van der Waals surface area (Å²) in [5.74, 6) is 0. The summed E-state index contributed by atoms with van der Waals surface area (Å²) in [4.78, 5) is 4.06. The van der Waals surface area contributed by atoms with Crippen LogP contribution in [0.25, 0.3) is 0 Å². The maximum atomic E-state index is 6.05. The zero-order chi connectivity index (χ0) is 10.8. The largest absolute Gasteiger partial charge is 0.243 e. The molecule has 0 saturated carbocycles. The molecule has 0 bridgehead atoms. The van der Waals surface area contributed by atoms with Crippen molar-refractivity contribution in [3.8, 4) is 0 Å². The minimum absolute atomic E-state index is 0.0454. The van der Waals surface area contributed by atoms with Gasteiger partial charge < -0.3 is 0 Å². The maximum Gasteiger partial charge on any atom is 0.132 e. The van der Waals surface area contributed by atoms with Gasteiger partial charge in [-0.15, -0.1) is 0 Å². The van der Waals surface area contributed by atoms with Crippen LogP contribution in [-0.2, 0) is 5.41 Å². The summed E-state index contributed by atoms with van der Waals surface area (Å²) in [7, 11) is 0. The summed E-state index contributed by atoms with van der Waals surface area (Å²) in [5, 5.41) is 1.21. The lowest BCUT2D eigenvalue weighted by atomic mass is 9.81. The van der Waals surface area contributed by atoms with E-state index in [0.717, 1.165) is 18.4 Å². The van der Waals surface area contributed by atoms with Gasteiger partial charge in [-0.2, -0.15) is 0 Å². The summed E-state index contributed by atoms with van der Waals surface area (Å²) < 4.78 is 0. The highest BCUT2D eigenvalue weighted by molar-refractivity contribution is 6.32. The van der Waals surface area contributed by atoms with Gasteiger partial charge in [0.2, 0.25) is 0 Å². The van der Waals surface area contributed by atoms with Crippen molar-refractivity contribution in [3.05, 3.63) is 28.0 Å². The zero-order valence-electron chi connectivity index (χ0n) is 8.77. The van der Waals surface area contributed by atoms with Gasteiger partial charge >= 0.3 is 0 Å². The minimum Gasteiger partial charge on any atom is -0.243 e. The fraction of sp³-hybridized carbons (Fsp3) is 0.545. The lowest BCUT2D eigenvalue weighted by molar-refractivity contribution is 0.472. The average Bonchev–Trinajstić information content (AvgIpc) is 2.09. The second-order valence-electron chi connectivity index (χ2n) is 4.13. The van der Waals surface area contributed by atoms with Crippen LogP contribution in [0.5, 0.6) is 0 Å². The molecule has 1 aromatic heterocycles. The molecule has 0 amide bonds. The molecule has 0 N–H and O–H groups in total. The van der Waals surface area contributed by atoms with Gasteiger partial charge in [-0.3, -0.25) is 0 Å². The monoisotopic (exact) mass is 231 g/mol. The van der Waals surface area contributed by atoms with Gasteiger partial charge in [0, 0.05) is 6.20 Å². The second-order valence-corrected chi connectivity index (χ2v) is 4.92. The predicted molar refractivity (Wildman–Crippen MR) is 62.2 cm³/mol. The third-order valence-corrected chi connectivity index (χ3v) is 2.92. The number of rotatable bonds is 3. The van der Waals surface area contributed by atoms with E-state index in [-0.39, 0.29) is 5.41 Å². The van der Waals surface area contributed by atoms with Crippen molar-refractivity contribution in [2.45, 2.75) is 39.0 Å². The van der Waals surface area contributed by atoms with Crippen molar-refractivity contribution in [3.63, 3.8) is 0 Å². The lowest BCUT2D eigenvalue weighted by Crippen LogP contribution is -2.17. The molecule has 1 rings (SSSR count). The fourth-order valence-electron chi connectivity index (χ4n) is 1.66.